The Bertz CT molecular complexity index is 852. The third-order valence-corrected chi connectivity index (χ3v) is 14.4. The second-order valence-electron chi connectivity index (χ2n) is 17.9. The van der Waals surface area contributed by atoms with Crippen LogP contribution in [0.1, 0.15) is 144 Å². The molecule has 0 aliphatic heterocycles. The molecule has 0 bridgehead atoms. The van der Waals surface area contributed by atoms with Crippen molar-refractivity contribution in [3.8, 4) is 0 Å². The van der Waals surface area contributed by atoms with E-state index in [4.69, 9.17) is 11.5 Å². The van der Waals surface area contributed by atoms with Gasteiger partial charge in [0.25, 0.3) is 0 Å². The minimum atomic E-state index is 0.529. The highest BCUT2D eigenvalue weighted by Gasteiger charge is 2.62. The number of hydrogen-bond donors (Lipinski definition) is 6. The maximum Gasteiger partial charge on any atom is 0.0104 e. The van der Waals surface area contributed by atoms with Gasteiger partial charge in [0.2, 0.25) is 0 Å². The standard InChI is InChI=1S/C41H82N6/c1-31(2)13-10-14-32(3)35-15-16-36-39-37(18-20-41(35,36)5)40(4)19-17-34(46-27-9-8-24-44-25-11-22-43)29-33(40)30-38(39)47-28-12-26-45-23-7-6-21-42/h31-39,44-47H,6-30,42-43H2,1-5H3/t32-,33-,34-,35-,36+,37+,38-,39+,40+,41-/m1/s1. The molecule has 0 unspecified atom stereocenters. The second-order valence-corrected chi connectivity index (χ2v) is 17.9. The Balaban J connectivity index is 1.38. The van der Waals surface area contributed by atoms with Gasteiger partial charge in [0.15, 0.2) is 0 Å². The second kappa shape index (κ2) is 20.0. The first kappa shape index (κ1) is 39.5. The molecular formula is C41H82N6. The Hall–Kier alpha value is -0.240. The zero-order valence-corrected chi connectivity index (χ0v) is 32.0. The number of unbranched alkanes of at least 4 members (excludes halogenated alkanes) is 2. The van der Waals surface area contributed by atoms with Gasteiger partial charge in [-0.15, -0.1) is 0 Å². The molecule has 0 aromatic heterocycles. The molecule has 8 N–H and O–H groups in total. The van der Waals surface area contributed by atoms with Gasteiger partial charge >= 0.3 is 0 Å². The summed E-state index contributed by atoms with van der Waals surface area (Å²) in [5.74, 6) is 6.20. The molecule has 276 valence electrons. The molecule has 0 saturated heterocycles. The molecule has 4 fully saturated rings. The van der Waals surface area contributed by atoms with Crippen LogP contribution in [0.5, 0.6) is 0 Å². The maximum atomic E-state index is 5.70. The Morgan fingerprint density at radius 3 is 2.00 bits per heavy atom. The first-order chi connectivity index (χ1) is 22.7. The predicted molar refractivity (Wildman–Crippen MR) is 204 cm³/mol. The lowest BCUT2D eigenvalue weighted by molar-refractivity contribution is -0.131. The minimum absolute atomic E-state index is 0.529. The molecule has 0 heterocycles. The van der Waals surface area contributed by atoms with Crippen LogP contribution in [0.15, 0.2) is 0 Å². The minimum Gasteiger partial charge on any atom is -0.330 e. The van der Waals surface area contributed by atoms with E-state index in [1.54, 1.807) is 0 Å². The molecule has 4 saturated carbocycles. The summed E-state index contributed by atoms with van der Waals surface area (Å²) in [6.07, 6.45) is 23.0. The van der Waals surface area contributed by atoms with Gasteiger partial charge in [-0.3, -0.25) is 0 Å². The molecule has 0 aromatic carbocycles. The molecule has 0 radical (unpaired) electrons. The summed E-state index contributed by atoms with van der Waals surface area (Å²) in [6.45, 7) is 21.4. The predicted octanol–water partition coefficient (Wildman–Crippen LogP) is 7.07. The SMILES string of the molecule is CC(C)CCC[C@@H](C)[C@H]1CC[C@H]2[C@@H]3[C@H](NCCCNCCCCN)C[C@H]4C[C@H](NCCCCNCCCN)CC[C@]4(C)[C@H]3CC[C@]12C. The normalized spacial score (nSPS) is 35.9. The number of hydrogen-bond acceptors (Lipinski definition) is 6. The zero-order valence-electron chi connectivity index (χ0n) is 32.0. The van der Waals surface area contributed by atoms with Crippen LogP contribution in [-0.4, -0.2) is 64.4 Å². The fourth-order valence-corrected chi connectivity index (χ4v) is 11.7. The highest BCUT2D eigenvalue weighted by atomic mass is 15.0. The smallest absolute Gasteiger partial charge is 0.0104 e. The van der Waals surface area contributed by atoms with Gasteiger partial charge in [0, 0.05) is 12.1 Å². The highest BCUT2D eigenvalue weighted by molar-refractivity contribution is 5.13. The summed E-state index contributed by atoms with van der Waals surface area (Å²) in [7, 11) is 0. The Morgan fingerprint density at radius 2 is 1.26 bits per heavy atom. The lowest BCUT2D eigenvalue weighted by Gasteiger charge is -2.63. The first-order valence-corrected chi connectivity index (χ1v) is 21.0. The molecule has 10 atom stereocenters. The lowest BCUT2D eigenvalue weighted by Crippen LogP contribution is -2.62. The third kappa shape index (κ3) is 10.6. The molecule has 4 aliphatic rings. The first-order valence-electron chi connectivity index (χ1n) is 21.0. The number of fused-ring (bicyclic) bond motifs is 5. The largest absolute Gasteiger partial charge is 0.330 e. The van der Waals surface area contributed by atoms with Crippen molar-refractivity contribution in [2.45, 2.75) is 156 Å². The highest BCUT2D eigenvalue weighted by Crippen LogP contribution is 2.68. The van der Waals surface area contributed by atoms with E-state index < -0.39 is 0 Å². The van der Waals surface area contributed by atoms with Gasteiger partial charge in [-0.25, -0.2) is 0 Å². The fourth-order valence-electron chi connectivity index (χ4n) is 11.7. The van der Waals surface area contributed by atoms with Crippen LogP contribution < -0.4 is 32.7 Å². The summed E-state index contributed by atoms with van der Waals surface area (Å²) in [6, 6.07) is 1.41. The molecule has 47 heavy (non-hydrogen) atoms. The lowest BCUT2D eigenvalue weighted by atomic mass is 9.43. The van der Waals surface area contributed by atoms with E-state index in [2.05, 4.69) is 55.9 Å². The van der Waals surface area contributed by atoms with Crippen LogP contribution in [0.2, 0.25) is 0 Å². The topological polar surface area (TPSA) is 100 Å². The molecule has 0 aromatic rings. The van der Waals surface area contributed by atoms with Crippen molar-refractivity contribution in [1.82, 2.24) is 21.3 Å². The number of rotatable bonds is 23. The van der Waals surface area contributed by atoms with Crippen molar-refractivity contribution in [2.24, 2.45) is 63.7 Å². The molecule has 4 rings (SSSR count). The summed E-state index contributed by atoms with van der Waals surface area (Å²) in [4.78, 5) is 0. The Kier molecular flexibility index (Phi) is 16.8. The van der Waals surface area contributed by atoms with Gasteiger partial charge in [0.1, 0.15) is 0 Å². The Morgan fingerprint density at radius 1 is 0.617 bits per heavy atom. The van der Waals surface area contributed by atoms with Gasteiger partial charge in [-0.2, -0.15) is 0 Å². The van der Waals surface area contributed by atoms with Crippen LogP contribution in [0.4, 0.5) is 0 Å². The van der Waals surface area contributed by atoms with E-state index in [9.17, 15) is 0 Å². The molecule has 0 amide bonds. The van der Waals surface area contributed by atoms with E-state index in [-0.39, 0.29) is 0 Å². The monoisotopic (exact) mass is 659 g/mol. The molecule has 6 nitrogen and oxygen atoms in total. The van der Waals surface area contributed by atoms with Crippen molar-refractivity contribution < 1.29 is 0 Å². The quantitative estimate of drug-likeness (QED) is 0.0657. The van der Waals surface area contributed by atoms with Crippen molar-refractivity contribution in [3.63, 3.8) is 0 Å². The van der Waals surface area contributed by atoms with E-state index in [0.717, 1.165) is 93.5 Å². The average molecular weight is 659 g/mol. The van der Waals surface area contributed by atoms with Crippen LogP contribution >= 0.6 is 0 Å². The van der Waals surface area contributed by atoms with E-state index in [1.165, 1.54) is 109 Å². The summed E-state index contributed by atoms with van der Waals surface area (Å²) in [5.41, 5.74) is 12.4. The fraction of sp³-hybridized carbons (Fsp3) is 1.00. The van der Waals surface area contributed by atoms with Crippen molar-refractivity contribution in [3.05, 3.63) is 0 Å². The molecule has 6 heteroatoms. The number of nitrogens with two attached hydrogens (primary N) is 2. The maximum absolute atomic E-state index is 5.70. The van der Waals surface area contributed by atoms with Gasteiger partial charge in [-0.1, -0.05) is 53.9 Å². The molecular weight excluding hydrogens is 576 g/mol. The van der Waals surface area contributed by atoms with Crippen LogP contribution in [0.25, 0.3) is 0 Å². The third-order valence-electron chi connectivity index (χ3n) is 14.4. The van der Waals surface area contributed by atoms with Crippen LogP contribution in [0, 0.1) is 52.3 Å². The molecule has 0 spiro atoms. The summed E-state index contributed by atoms with van der Waals surface area (Å²) >= 11 is 0. The summed E-state index contributed by atoms with van der Waals surface area (Å²) < 4.78 is 0. The van der Waals surface area contributed by atoms with Gasteiger partial charge < -0.3 is 32.7 Å². The van der Waals surface area contributed by atoms with Crippen molar-refractivity contribution >= 4 is 0 Å². The van der Waals surface area contributed by atoms with E-state index >= 15 is 0 Å². The van der Waals surface area contributed by atoms with E-state index in [0.29, 0.717) is 22.9 Å². The van der Waals surface area contributed by atoms with Crippen molar-refractivity contribution in [2.75, 3.05) is 52.4 Å². The molecule has 4 aliphatic carbocycles. The summed E-state index contributed by atoms with van der Waals surface area (Å²) in [5, 5.41) is 15.6. The zero-order chi connectivity index (χ0) is 33.7. The Labute approximate surface area is 292 Å². The number of nitrogens with one attached hydrogen (secondary N) is 4. The van der Waals surface area contributed by atoms with Gasteiger partial charge in [0.05, 0.1) is 0 Å². The van der Waals surface area contributed by atoms with Crippen LogP contribution in [0.3, 0.4) is 0 Å². The average Bonchev–Trinajstić information content (AvgIpc) is 3.40. The van der Waals surface area contributed by atoms with Crippen molar-refractivity contribution in [1.29, 1.82) is 0 Å². The van der Waals surface area contributed by atoms with Gasteiger partial charge in [-0.05, 0) is 195 Å². The van der Waals surface area contributed by atoms with E-state index in [1.807, 2.05) is 0 Å². The van der Waals surface area contributed by atoms with Crippen LogP contribution in [-0.2, 0) is 0 Å².